The van der Waals surface area contributed by atoms with Gasteiger partial charge in [-0.15, -0.1) is 0 Å². The van der Waals surface area contributed by atoms with Gasteiger partial charge in [0.25, 0.3) is 11.5 Å². The van der Waals surface area contributed by atoms with E-state index in [9.17, 15) is 9.59 Å². The monoisotopic (exact) mass is 327 g/mol. The fourth-order valence-corrected chi connectivity index (χ4v) is 3.31. The Balaban J connectivity index is 1.37. The molecule has 1 saturated heterocycles. The average Bonchev–Trinajstić information content (AvgIpc) is 3.31. The van der Waals surface area contributed by atoms with Crippen molar-refractivity contribution in [3.8, 4) is 0 Å². The number of amides is 1. The van der Waals surface area contributed by atoms with Gasteiger partial charge >= 0.3 is 0 Å². The van der Waals surface area contributed by atoms with Crippen LogP contribution in [0.15, 0.2) is 29.3 Å². The number of H-pyrrole nitrogens is 1. The van der Waals surface area contributed by atoms with Crippen molar-refractivity contribution in [2.24, 2.45) is 5.92 Å². The van der Waals surface area contributed by atoms with E-state index in [2.05, 4.69) is 15.3 Å². The van der Waals surface area contributed by atoms with Crippen LogP contribution in [0.2, 0.25) is 0 Å². The van der Waals surface area contributed by atoms with Crippen LogP contribution in [0.25, 0.3) is 0 Å². The van der Waals surface area contributed by atoms with Crippen molar-refractivity contribution in [1.29, 1.82) is 0 Å². The summed E-state index contributed by atoms with van der Waals surface area (Å²) in [7, 11) is 0. The van der Waals surface area contributed by atoms with Crippen LogP contribution in [-0.4, -0.2) is 43.9 Å². The number of nitrogens with one attached hydrogen (secondary N) is 1. The van der Waals surface area contributed by atoms with Crippen LogP contribution < -0.4 is 5.56 Å². The minimum Gasteiger partial charge on any atom is -0.339 e. The standard InChI is InChI=1S/C17H21N5O2/c23-16-4-3-15(13-1-2-13)20-22(16)11-12-5-7-21(8-6-12)17(24)14-9-18-19-10-14/h3-4,9-10,12-13H,1-2,5-8,11H2,(H,18,19). The first-order valence-electron chi connectivity index (χ1n) is 8.57. The third kappa shape index (κ3) is 3.11. The van der Waals surface area contributed by atoms with E-state index < -0.39 is 0 Å². The number of hydrogen-bond donors (Lipinski definition) is 1. The quantitative estimate of drug-likeness (QED) is 0.920. The predicted octanol–water partition coefficient (Wildman–Crippen LogP) is 1.40. The average molecular weight is 327 g/mol. The van der Waals surface area contributed by atoms with Crippen molar-refractivity contribution in [2.75, 3.05) is 13.1 Å². The molecule has 0 bridgehead atoms. The van der Waals surface area contributed by atoms with Gasteiger partial charge in [0.2, 0.25) is 0 Å². The Hall–Kier alpha value is -2.44. The summed E-state index contributed by atoms with van der Waals surface area (Å²) in [5.41, 5.74) is 1.61. The largest absolute Gasteiger partial charge is 0.339 e. The molecule has 0 unspecified atom stereocenters. The lowest BCUT2D eigenvalue weighted by Gasteiger charge is -2.31. The summed E-state index contributed by atoms with van der Waals surface area (Å²) >= 11 is 0. The van der Waals surface area contributed by atoms with E-state index in [1.807, 2.05) is 11.0 Å². The Kier molecular flexibility index (Phi) is 3.92. The van der Waals surface area contributed by atoms with Crippen LogP contribution in [-0.2, 0) is 6.54 Å². The van der Waals surface area contributed by atoms with Crippen LogP contribution in [0, 0.1) is 5.92 Å². The highest BCUT2D eigenvalue weighted by atomic mass is 16.2. The number of aromatic nitrogens is 4. The topological polar surface area (TPSA) is 83.9 Å². The summed E-state index contributed by atoms with van der Waals surface area (Å²) < 4.78 is 1.62. The van der Waals surface area contributed by atoms with Crippen LogP contribution in [0.4, 0.5) is 0 Å². The molecule has 4 rings (SSSR count). The zero-order chi connectivity index (χ0) is 16.5. The highest BCUT2D eigenvalue weighted by Gasteiger charge is 2.27. The normalized spacial score (nSPS) is 18.8. The Bertz CT molecular complexity index is 771. The number of aromatic amines is 1. The van der Waals surface area contributed by atoms with Gasteiger partial charge in [-0.2, -0.15) is 10.2 Å². The van der Waals surface area contributed by atoms with Gasteiger partial charge in [0.1, 0.15) is 0 Å². The molecule has 1 amide bonds. The number of carbonyl (C=O) groups is 1. The molecule has 0 radical (unpaired) electrons. The third-order valence-electron chi connectivity index (χ3n) is 4.96. The number of likely N-dealkylation sites (tertiary alicyclic amines) is 1. The minimum atomic E-state index is -0.0312. The summed E-state index contributed by atoms with van der Waals surface area (Å²) in [4.78, 5) is 26.2. The first kappa shape index (κ1) is 15.1. The van der Waals surface area contributed by atoms with E-state index in [-0.39, 0.29) is 11.5 Å². The molecule has 2 aromatic rings. The van der Waals surface area contributed by atoms with E-state index in [1.54, 1.807) is 23.1 Å². The van der Waals surface area contributed by atoms with Gasteiger partial charge in [0.05, 0.1) is 17.5 Å². The summed E-state index contributed by atoms with van der Waals surface area (Å²) in [5, 5.41) is 11.0. The van der Waals surface area contributed by atoms with Crippen LogP contribution >= 0.6 is 0 Å². The summed E-state index contributed by atoms with van der Waals surface area (Å²) in [6.07, 6.45) is 7.33. The minimum absolute atomic E-state index is 0.0215. The molecule has 3 heterocycles. The summed E-state index contributed by atoms with van der Waals surface area (Å²) in [6, 6.07) is 3.50. The fourth-order valence-electron chi connectivity index (χ4n) is 3.31. The van der Waals surface area contributed by atoms with Crippen LogP contribution in [0.1, 0.15) is 47.7 Å². The molecule has 2 aliphatic rings. The lowest BCUT2D eigenvalue weighted by Crippen LogP contribution is -2.40. The SMILES string of the molecule is O=C(c1cn[nH]c1)N1CCC(Cn2nc(C3CC3)ccc2=O)CC1. The molecule has 1 aliphatic carbocycles. The van der Waals surface area contributed by atoms with Crippen LogP contribution in [0.5, 0.6) is 0 Å². The first-order chi connectivity index (χ1) is 11.7. The van der Waals surface area contributed by atoms with Crippen LogP contribution in [0.3, 0.4) is 0 Å². The Morgan fingerprint density at radius 1 is 1.21 bits per heavy atom. The number of carbonyl (C=O) groups excluding carboxylic acids is 1. The molecule has 2 fully saturated rings. The van der Waals surface area contributed by atoms with Crippen molar-refractivity contribution >= 4 is 5.91 Å². The van der Waals surface area contributed by atoms with Crippen molar-refractivity contribution in [2.45, 2.75) is 38.1 Å². The van der Waals surface area contributed by atoms with Crippen molar-refractivity contribution in [3.05, 3.63) is 46.1 Å². The molecule has 0 atom stereocenters. The maximum atomic E-state index is 12.3. The predicted molar refractivity (Wildman–Crippen MR) is 87.7 cm³/mol. The summed E-state index contributed by atoms with van der Waals surface area (Å²) in [6.45, 7) is 2.07. The molecule has 0 spiro atoms. The van der Waals surface area contributed by atoms with E-state index >= 15 is 0 Å². The smallest absolute Gasteiger partial charge is 0.266 e. The zero-order valence-electron chi connectivity index (χ0n) is 13.5. The second-order valence-electron chi connectivity index (χ2n) is 6.78. The highest BCUT2D eigenvalue weighted by Crippen LogP contribution is 2.38. The number of hydrogen-bond acceptors (Lipinski definition) is 4. The zero-order valence-corrected chi connectivity index (χ0v) is 13.5. The molecular weight excluding hydrogens is 306 g/mol. The third-order valence-corrected chi connectivity index (χ3v) is 4.96. The van der Waals surface area contributed by atoms with E-state index in [0.29, 0.717) is 37.0 Å². The highest BCUT2D eigenvalue weighted by molar-refractivity contribution is 5.93. The number of rotatable bonds is 4. The van der Waals surface area contributed by atoms with Gasteiger partial charge < -0.3 is 4.90 Å². The number of nitrogens with zero attached hydrogens (tertiary/aromatic N) is 4. The molecule has 0 aromatic carbocycles. The van der Waals surface area contributed by atoms with Crippen molar-refractivity contribution in [1.82, 2.24) is 24.9 Å². The molecule has 7 heteroatoms. The summed E-state index contributed by atoms with van der Waals surface area (Å²) in [5.74, 6) is 0.956. The lowest BCUT2D eigenvalue weighted by molar-refractivity contribution is 0.0680. The maximum absolute atomic E-state index is 12.3. The Morgan fingerprint density at radius 3 is 2.67 bits per heavy atom. The van der Waals surface area contributed by atoms with Gasteiger partial charge in [-0.1, -0.05) is 0 Å². The molecule has 2 aromatic heterocycles. The molecule has 7 nitrogen and oxygen atoms in total. The molecule has 1 N–H and O–H groups in total. The first-order valence-corrected chi connectivity index (χ1v) is 8.57. The molecule has 1 saturated carbocycles. The maximum Gasteiger partial charge on any atom is 0.266 e. The van der Waals surface area contributed by atoms with Gasteiger partial charge in [-0.3, -0.25) is 14.7 Å². The molecule has 24 heavy (non-hydrogen) atoms. The molecule has 1 aliphatic heterocycles. The number of piperidine rings is 1. The van der Waals surface area contributed by atoms with E-state index in [0.717, 1.165) is 18.5 Å². The van der Waals surface area contributed by atoms with E-state index in [1.165, 1.54) is 12.8 Å². The van der Waals surface area contributed by atoms with Gasteiger partial charge in [0.15, 0.2) is 0 Å². The fraction of sp³-hybridized carbons (Fsp3) is 0.529. The van der Waals surface area contributed by atoms with Gasteiger partial charge in [-0.25, -0.2) is 4.68 Å². The van der Waals surface area contributed by atoms with Crippen molar-refractivity contribution in [3.63, 3.8) is 0 Å². The molecular formula is C17H21N5O2. The second kappa shape index (κ2) is 6.22. The molecule has 126 valence electrons. The Labute approximate surface area is 139 Å². The Morgan fingerprint density at radius 2 is 2.00 bits per heavy atom. The van der Waals surface area contributed by atoms with Gasteiger partial charge in [-0.05, 0) is 37.7 Å². The van der Waals surface area contributed by atoms with Crippen molar-refractivity contribution < 1.29 is 4.79 Å². The second-order valence-corrected chi connectivity index (χ2v) is 6.78. The van der Waals surface area contributed by atoms with E-state index in [4.69, 9.17) is 0 Å². The van der Waals surface area contributed by atoms with Gasteiger partial charge in [0, 0.05) is 37.8 Å². The lowest BCUT2D eigenvalue weighted by atomic mass is 9.96.